The number of hydrogen-bond donors (Lipinski definition) is 1. The van der Waals surface area contributed by atoms with E-state index in [1.807, 2.05) is 48.5 Å². The highest BCUT2D eigenvalue weighted by Gasteiger charge is 2.38. The third-order valence-corrected chi connectivity index (χ3v) is 5.53. The summed E-state index contributed by atoms with van der Waals surface area (Å²) in [4.78, 5) is 4.76. The number of benzene rings is 2. The summed E-state index contributed by atoms with van der Waals surface area (Å²) in [5, 5.41) is 11.2. The van der Waals surface area contributed by atoms with E-state index in [0.29, 0.717) is 30.2 Å². The van der Waals surface area contributed by atoms with Gasteiger partial charge in [-0.15, -0.1) is 0 Å². The maximum absolute atomic E-state index is 11.2. The van der Waals surface area contributed by atoms with Gasteiger partial charge >= 0.3 is 0 Å². The number of oxazole rings is 1. The summed E-state index contributed by atoms with van der Waals surface area (Å²) in [6, 6.07) is 15.3. The van der Waals surface area contributed by atoms with Crippen LogP contribution in [0.3, 0.4) is 0 Å². The summed E-state index contributed by atoms with van der Waals surface area (Å²) in [6.45, 7) is 4.04. The average Bonchev–Trinajstić information content (AvgIpc) is 3.22. The van der Waals surface area contributed by atoms with Crippen LogP contribution in [0.4, 0.5) is 0 Å². The van der Waals surface area contributed by atoms with E-state index in [-0.39, 0.29) is 0 Å². The van der Waals surface area contributed by atoms with E-state index < -0.39 is 5.60 Å². The fraction of sp³-hybridized carbons (Fsp3) is 0.292. The molecular weight excluding hydrogens is 366 g/mol. The molecule has 0 amide bonds. The third kappa shape index (κ3) is 3.78. The molecule has 1 aliphatic rings. The van der Waals surface area contributed by atoms with Gasteiger partial charge in [0.2, 0.25) is 5.89 Å². The van der Waals surface area contributed by atoms with Crippen LogP contribution in [0.5, 0.6) is 11.5 Å². The molecule has 29 heavy (non-hydrogen) atoms. The van der Waals surface area contributed by atoms with E-state index in [1.54, 1.807) is 14.2 Å². The number of allylic oxidation sites excluding steroid dienone is 1. The number of ether oxygens (including phenoxy) is 2. The average molecular weight is 391 g/mol. The summed E-state index contributed by atoms with van der Waals surface area (Å²) in [5.41, 5.74) is 2.56. The van der Waals surface area contributed by atoms with Crippen LogP contribution in [-0.4, -0.2) is 24.3 Å². The molecule has 0 aliphatic heterocycles. The van der Waals surface area contributed by atoms with Crippen molar-refractivity contribution in [2.75, 3.05) is 14.2 Å². The minimum atomic E-state index is -1.08. The molecule has 1 saturated carbocycles. The van der Waals surface area contributed by atoms with Crippen molar-refractivity contribution in [2.45, 2.75) is 31.3 Å². The number of aromatic nitrogens is 1. The lowest BCUT2D eigenvalue weighted by molar-refractivity contribution is -0.0151. The van der Waals surface area contributed by atoms with Crippen LogP contribution in [0, 0.1) is 0 Å². The van der Waals surface area contributed by atoms with Crippen molar-refractivity contribution < 1.29 is 19.0 Å². The molecule has 1 fully saturated rings. The van der Waals surface area contributed by atoms with Gasteiger partial charge in [-0.05, 0) is 74.2 Å². The van der Waals surface area contributed by atoms with E-state index in [4.69, 9.17) is 18.9 Å². The molecule has 5 heteroatoms. The summed E-state index contributed by atoms with van der Waals surface area (Å²) in [7, 11) is 3.27. The van der Waals surface area contributed by atoms with Crippen LogP contribution >= 0.6 is 0 Å². The second-order valence-corrected chi connectivity index (χ2v) is 7.44. The van der Waals surface area contributed by atoms with Gasteiger partial charge in [0, 0.05) is 11.1 Å². The first-order valence-corrected chi connectivity index (χ1v) is 9.71. The summed E-state index contributed by atoms with van der Waals surface area (Å²) in [6.07, 6.45) is 2.68. The van der Waals surface area contributed by atoms with Gasteiger partial charge in [0.15, 0.2) is 5.76 Å². The van der Waals surface area contributed by atoms with Crippen LogP contribution in [0.15, 0.2) is 65.1 Å². The topological polar surface area (TPSA) is 64.7 Å². The fourth-order valence-electron chi connectivity index (χ4n) is 3.63. The highest BCUT2D eigenvalue weighted by Crippen LogP contribution is 2.42. The first-order valence-electron chi connectivity index (χ1n) is 9.71. The van der Waals surface area contributed by atoms with Crippen LogP contribution in [0.1, 0.15) is 31.6 Å². The van der Waals surface area contributed by atoms with E-state index >= 15 is 0 Å². The molecule has 4 rings (SSSR count). The minimum absolute atomic E-state index is 0.363. The van der Waals surface area contributed by atoms with E-state index in [2.05, 4.69) is 6.58 Å². The van der Waals surface area contributed by atoms with E-state index in [9.17, 15) is 5.11 Å². The van der Waals surface area contributed by atoms with Gasteiger partial charge in [0.1, 0.15) is 22.8 Å². The molecule has 150 valence electrons. The Bertz CT molecular complexity index is 927. The predicted octanol–water partition coefficient (Wildman–Crippen LogP) is 5.34. The number of nitrogens with zero attached hydrogens (tertiary/aromatic N) is 1. The van der Waals surface area contributed by atoms with Gasteiger partial charge in [-0.3, -0.25) is 0 Å². The first-order chi connectivity index (χ1) is 14.0. The maximum atomic E-state index is 11.2. The number of hydrogen-bond acceptors (Lipinski definition) is 5. The zero-order valence-electron chi connectivity index (χ0n) is 16.8. The zero-order valence-corrected chi connectivity index (χ0v) is 16.8. The Morgan fingerprint density at radius 1 is 0.897 bits per heavy atom. The molecule has 0 spiro atoms. The standard InChI is InChI=1S/C24H25NO4/c1-16-12-14-24(26,15-13-16)23-25-21(17-4-8-19(27-2)9-5-17)22(29-23)18-6-10-20(28-3)11-7-18/h4-11,26H,1,12-15H2,2-3H3. The Morgan fingerprint density at radius 3 is 1.93 bits per heavy atom. The van der Waals surface area contributed by atoms with Crippen molar-refractivity contribution in [3.8, 4) is 34.1 Å². The van der Waals surface area contributed by atoms with Crippen LogP contribution in [0.25, 0.3) is 22.6 Å². The first kappa shape index (κ1) is 19.3. The predicted molar refractivity (Wildman–Crippen MR) is 112 cm³/mol. The highest BCUT2D eigenvalue weighted by molar-refractivity contribution is 5.77. The molecule has 0 unspecified atom stereocenters. The Balaban J connectivity index is 1.80. The lowest BCUT2D eigenvalue weighted by atomic mass is 9.82. The lowest BCUT2D eigenvalue weighted by Crippen LogP contribution is -2.29. The fourth-order valence-corrected chi connectivity index (χ4v) is 3.63. The summed E-state index contributed by atoms with van der Waals surface area (Å²) < 4.78 is 16.7. The second-order valence-electron chi connectivity index (χ2n) is 7.44. The quantitative estimate of drug-likeness (QED) is 0.595. The Kier molecular flexibility index (Phi) is 5.16. The van der Waals surface area contributed by atoms with Gasteiger partial charge in [-0.25, -0.2) is 4.98 Å². The molecule has 0 radical (unpaired) electrons. The molecule has 0 bridgehead atoms. The second kappa shape index (κ2) is 7.76. The van der Waals surface area contributed by atoms with Crippen molar-refractivity contribution in [1.82, 2.24) is 4.98 Å². The minimum Gasteiger partial charge on any atom is -0.497 e. The van der Waals surface area contributed by atoms with Crippen LogP contribution in [-0.2, 0) is 5.60 Å². The van der Waals surface area contributed by atoms with E-state index in [1.165, 1.54) is 0 Å². The van der Waals surface area contributed by atoms with Crippen LogP contribution in [0.2, 0.25) is 0 Å². The van der Waals surface area contributed by atoms with Crippen molar-refractivity contribution in [3.05, 3.63) is 66.6 Å². The lowest BCUT2D eigenvalue weighted by Gasteiger charge is -2.29. The molecule has 1 heterocycles. The molecule has 3 aromatic rings. The SMILES string of the molecule is C=C1CCC(O)(c2nc(-c3ccc(OC)cc3)c(-c3ccc(OC)cc3)o2)CC1. The van der Waals surface area contributed by atoms with Crippen molar-refractivity contribution in [2.24, 2.45) is 0 Å². The van der Waals surface area contributed by atoms with Crippen molar-refractivity contribution in [3.63, 3.8) is 0 Å². The molecule has 0 atom stereocenters. The number of methoxy groups -OCH3 is 2. The van der Waals surface area contributed by atoms with Gasteiger partial charge in [-0.2, -0.15) is 0 Å². The molecule has 1 aliphatic carbocycles. The third-order valence-electron chi connectivity index (χ3n) is 5.53. The molecular formula is C24H25NO4. The van der Waals surface area contributed by atoms with Crippen molar-refractivity contribution >= 4 is 0 Å². The molecule has 0 saturated heterocycles. The van der Waals surface area contributed by atoms with Crippen LogP contribution < -0.4 is 9.47 Å². The van der Waals surface area contributed by atoms with Crippen molar-refractivity contribution in [1.29, 1.82) is 0 Å². The number of aliphatic hydroxyl groups is 1. The molecule has 5 nitrogen and oxygen atoms in total. The smallest absolute Gasteiger partial charge is 0.227 e. The largest absolute Gasteiger partial charge is 0.497 e. The highest BCUT2D eigenvalue weighted by atomic mass is 16.5. The Hall–Kier alpha value is -3.05. The molecule has 2 aromatic carbocycles. The maximum Gasteiger partial charge on any atom is 0.227 e. The zero-order chi connectivity index (χ0) is 20.4. The monoisotopic (exact) mass is 391 g/mol. The number of rotatable bonds is 5. The Morgan fingerprint density at radius 2 is 1.41 bits per heavy atom. The van der Waals surface area contributed by atoms with Gasteiger partial charge < -0.3 is 19.0 Å². The Labute approximate surface area is 170 Å². The van der Waals surface area contributed by atoms with Gasteiger partial charge in [-0.1, -0.05) is 12.2 Å². The summed E-state index contributed by atoms with van der Waals surface area (Å²) in [5.74, 6) is 2.53. The molecule has 1 aromatic heterocycles. The normalized spacial score (nSPS) is 15.9. The van der Waals surface area contributed by atoms with Gasteiger partial charge in [0.25, 0.3) is 0 Å². The molecule has 1 N–H and O–H groups in total. The van der Waals surface area contributed by atoms with Gasteiger partial charge in [0.05, 0.1) is 14.2 Å². The summed E-state index contributed by atoms with van der Waals surface area (Å²) >= 11 is 0. The van der Waals surface area contributed by atoms with E-state index in [0.717, 1.165) is 41.0 Å².